The zero-order valence-corrected chi connectivity index (χ0v) is 7.91. The molecule has 0 unspecified atom stereocenters. The van der Waals surface area contributed by atoms with Crippen molar-refractivity contribution in [3.63, 3.8) is 0 Å². The molecule has 0 aromatic carbocycles. The van der Waals surface area contributed by atoms with Crippen molar-refractivity contribution in [3.8, 4) is 0 Å². The second kappa shape index (κ2) is 5.14. The number of nitrogen functional groups attached to an aromatic ring is 2. The maximum absolute atomic E-state index is 5.17. The molecular formula is C6H14N8. The molecule has 14 heavy (non-hydrogen) atoms. The van der Waals surface area contributed by atoms with Crippen LogP contribution in [0.25, 0.3) is 0 Å². The lowest BCUT2D eigenvalue weighted by Crippen LogP contribution is -2.17. The first-order chi connectivity index (χ1) is 6.80. The van der Waals surface area contributed by atoms with Crippen LogP contribution in [-0.2, 0) is 0 Å². The van der Waals surface area contributed by atoms with Crippen molar-refractivity contribution in [3.05, 3.63) is 0 Å². The van der Waals surface area contributed by atoms with Crippen LogP contribution < -0.4 is 27.9 Å². The van der Waals surface area contributed by atoms with E-state index in [9.17, 15) is 0 Å². The Balaban J connectivity index is 2.81. The number of aromatic nitrogens is 3. The van der Waals surface area contributed by atoms with Gasteiger partial charge in [-0.2, -0.15) is 15.0 Å². The van der Waals surface area contributed by atoms with Gasteiger partial charge in [-0.1, -0.05) is 6.92 Å². The van der Waals surface area contributed by atoms with Gasteiger partial charge in [-0.15, -0.1) is 0 Å². The Labute approximate surface area is 81.5 Å². The Kier molecular flexibility index (Phi) is 3.83. The molecule has 0 aliphatic rings. The molecule has 0 fully saturated rings. The minimum atomic E-state index is 0.256. The van der Waals surface area contributed by atoms with Gasteiger partial charge >= 0.3 is 0 Å². The van der Waals surface area contributed by atoms with Gasteiger partial charge in [0.05, 0.1) is 0 Å². The van der Waals surface area contributed by atoms with E-state index in [1.54, 1.807) is 0 Å². The molecular weight excluding hydrogens is 184 g/mol. The maximum Gasteiger partial charge on any atom is 0.243 e. The quantitative estimate of drug-likeness (QED) is 0.309. The molecule has 0 amide bonds. The fraction of sp³-hybridized carbons (Fsp3) is 0.500. The predicted molar refractivity (Wildman–Crippen MR) is 54.2 cm³/mol. The number of hydrogen-bond donors (Lipinski definition) is 5. The predicted octanol–water partition coefficient (Wildman–Crippen LogP) is -0.735. The number of hydrogen-bond acceptors (Lipinski definition) is 8. The number of hydrazine groups is 2. The van der Waals surface area contributed by atoms with Crippen molar-refractivity contribution < 1.29 is 0 Å². The summed E-state index contributed by atoms with van der Waals surface area (Å²) in [5, 5.41) is 2.99. The Morgan fingerprint density at radius 1 is 1.00 bits per heavy atom. The van der Waals surface area contributed by atoms with Crippen LogP contribution in [0, 0.1) is 0 Å². The molecule has 0 aliphatic carbocycles. The minimum absolute atomic E-state index is 0.256. The van der Waals surface area contributed by atoms with Crippen LogP contribution >= 0.6 is 0 Å². The van der Waals surface area contributed by atoms with Gasteiger partial charge in [-0.3, -0.25) is 10.9 Å². The molecule has 0 bridgehead atoms. The van der Waals surface area contributed by atoms with Gasteiger partial charge in [0.25, 0.3) is 0 Å². The third-order valence-electron chi connectivity index (χ3n) is 1.43. The molecule has 0 radical (unpaired) electrons. The van der Waals surface area contributed by atoms with E-state index in [0.29, 0.717) is 5.95 Å². The van der Waals surface area contributed by atoms with E-state index in [2.05, 4.69) is 31.1 Å². The van der Waals surface area contributed by atoms with Crippen LogP contribution in [0.4, 0.5) is 17.8 Å². The van der Waals surface area contributed by atoms with Gasteiger partial charge in [0.1, 0.15) is 0 Å². The summed E-state index contributed by atoms with van der Waals surface area (Å²) < 4.78 is 0. The van der Waals surface area contributed by atoms with Gasteiger partial charge in [-0.25, -0.2) is 11.7 Å². The molecule has 8 heteroatoms. The van der Waals surface area contributed by atoms with Gasteiger partial charge in [0, 0.05) is 6.54 Å². The highest BCUT2D eigenvalue weighted by Gasteiger charge is 2.02. The molecule has 1 heterocycles. The smallest absolute Gasteiger partial charge is 0.243 e. The summed E-state index contributed by atoms with van der Waals surface area (Å²) in [7, 11) is 0. The molecule has 0 saturated carbocycles. The molecule has 0 spiro atoms. The van der Waals surface area contributed by atoms with Crippen molar-refractivity contribution in [1.82, 2.24) is 15.0 Å². The molecule has 7 N–H and O–H groups in total. The third-order valence-corrected chi connectivity index (χ3v) is 1.43. The second-order valence-electron chi connectivity index (χ2n) is 2.52. The van der Waals surface area contributed by atoms with Crippen LogP contribution in [0.1, 0.15) is 13.3 Å². The van der Waals surface area contributed by atoms with Crippen molar-refractivity contribution in [2.45, 2.75) is 13.3 Å². The summed E-state index contributed by atoms with van der Waals surface area (Å²) in [6.45, 7) is 2.82. The van der Waals surface area contributed by atoms with Crippen molar-refractivity contribution in [2.75, 3.05) is 22.7 Å². The number of nitrogens with zero attached hydrogens (tertiary/aromatic N) is 3. The van der Waals surface area contributed by atoms with E-state index in [1.807, 2.05) is 6.92 Å². The number of rotatable bonds is 5. The average Bonchev–Trinajstić information content (AvgIpc) is 2.25. The Morgan fingerprint density at radius 3 is 1.93 bits per heavy atom. The van der Waals surface area contributed by atoms with Crippen LogP contribution in [0.2, 0.25) is 0 Å². The van der Waals surface area contributed by atoms with E-state index < -0.39 is 0 Å². The normalized spacial score (nSPS) is 9.64. The first kappa shape index (κ1) is 10.4. The lowest BCUT2D eigenvalue weighted by Gasteiger charge is -2.06. The second-order valence-corrected chi connectivity index (χ2v) is 2.52. The lowest BCUT2D eigenvalue weighted by molar-refractivity contribution is 0.935. The Hall–Kier alpha value is -1.67. The number of nitrogens with one attached hydrogen (secondary N) is 3. The van der Waals surface area contributed by atoms with Crippen LogP contribution in [0.3, 0.4) is 0 Å². The molecule has 1 aromatic rings. The van der Waals surface area contributed by atoms with Crippen LogP contribution in [0.15, 0.2) is 0 Å². The third kappa shape index (κ3) is 2.68. The summed E-state index contributed by atoms with van der Waals surface area (Å²) in [5.74, 6) is 11.3. The largest absolute Gasteiger partial charge is 0.354 e. The first-order valence-corrected chi connectivity index (χ1v) is 4.23. The standard InChI is InChI=1S/C6H14N8/c1-2-3-9-4-10-5(13-7)12-6(11-4)14-8/h2-3,7-8H2,1H3,(H3,9,10,11,12,13,14). The zero-order valence-electron chi connectivity index (χ0n) is 7.91. The van der Waals surface area contributed by atoms with Crippen molar-refractivity contribution >= 4 is 17.8 Å². The van der Waals surface area contributed by atoms with Crippen molar-refractivity contribution in [2.24, 2.45) is 11.7 Å². The summed E-state index contributed by atoms with van der Waals surface area (Å²) in [6.07, 6.45) is 0.975. The summed E-state index contributed by atoms with van der Waals surface area (Å²) in [5.41, 5.74) is 4.64. The van der Waals surface area contributed by atoms with E-state index in [1.165, 1.54) is 0 Å². The van der Waals surface area contributed by atoms with Crippen LogP contribution in [-0.4, -0.2) is 21.5 Å². The highest BCUT2D eigenvalue weighted by atomic mass is 15.4. The minimum Gasteiger partial charge on any atom is -0.354 e. The SMILES string of the molecule is CCCNc1nc(NN)nc(NN)n1. The van der Waals surface area contributed by atoms with Gasteiger partial charge in [0.2, 0.25) is 17.8 Å². The molecule has 0 atom stereocenters. The summed E-state index contributed by atoms with van der Waals surface area (Å²) >= 11 is 0. The fourth-order valence-electron chi connectivity index (χ4n) is 0.821. The highest BCUT2D eigenvalue weighted by molar-refractivity contribution is 5.40. The summed E-state index contributed by atoms with van der Waals surface area (Å²) in [4.78, 5) is 11.8. The van der Waals surface area contributed by atoms with Crippen LogP contribution in [0.5, 0.6) is 0 Å². The highest BCUT2D eigenvalue weighted by Crippen LogP contribution is 2.06. The molecule has 0 aliphatic heterocycles. The van der Waals surface area contributed by atoms with E-state index in [0.717, 1.165) is 13.0 Å². The lowest BCUT2D eigenvalue weighted by atomic mass is 10.5. The van der Waals surface area contributed by atoms with E-state index in [-0.39, 0.29) is 11.9 Å². The average molecular weight is 198 g/mol. The zero-order chi connectivity index (χ0) is 10.4. The Morgan fingerprint density at radius 2 is 1.50 bits per heavy atom. The fourth-order valence-corrected chi connectivity index (χ4v) is 0.821. The molecule has 1 rings (SSSR count). The maximum atomic E-state index is 5.17. The summed E-state index contributed by atoms with van der Waals surface area (Å²) in [6, 6.07) is 0. The topological polar surface area (TPSA) is 127 Å². The number of nitrogens with two attached hydrogens (primary N) is 2. The molecule has 8 nitrogen and oxygen atoms in total. The van der Waals surface area contributed by atoms with Gasteiger partial charge in [0.15, 0.2) is 0 Å². The molecule has 78 valence electrons. The first-order valence-electron chi connectivity index (χ1n) is 4.23. The van der Waals surface area contributed by atoms with E-state index >= 15 is 0 Å². The monoisotopic (exact) mass is 198 g/mol. The Bertz CT molecular complexity index is 265. The molecule has 1 aromatic heterocycles. The van der Waals surface area contributed by atoms with Crippen molar-refractivity contribution in [1.29, 1.82) is 0 Å². The van der Waals surface area contributed by atoms with Gasteiger partial charge in [-0.05, 0) is 6.42 Å². The van der Waals surface area contributed by atoms with Gasteiger partial charge < -0.3 is 5.32 Å². The van der Waals surface area contributed by atoms with E-state index in [4.69, 9.17) is 11.7 Å². The number of anilines is 3. The molecule has 0 saturated heterocycles.